The van der Waals surface area contributed by atoms with Gasteiger partial charge in [0, 0.05) is 56.3 Å². The quantitative estimate of drug-likeness (QED) is 0.425. The first-order valence-electron chi connectivity index (χ1n) is 11.0. The van der Waals surface area contributed by atoms with Crippen LogP contribution in [0.1, 0.15) is 5.56 Å². The third-order valence-electron chi connectivity index (χ3n) is 5.73. The second kappa shape index (κ2) is 9.84. The van der Waals surface area contributed by atoms with Gasteiger partial charge in [-0.1, -0.05) is 0 Å². The third kappa shape index (κ3) is 4.76. The number of anilines is 2. The van der Waals surface area contributed by atoms with Crippen molar-refractivity contribution in [2.45, 2.75) is 13.1 Å². The van der Waals surface area contributed by atoms with Gasteiger partial charge in [0.2, 0.25) is 5.95 Å². The van der Waals surface area contributed by atoms with Gasteiger partial charge in [0.1, 0.15) is 17.3 Å². The molecule has 1 aromatic carbocycles. The van der Waals surface area contributed by atoms with Crippen molar-refractivity contribution >= 4 is 22.7 Å². The minimum Gasteiger partial charge on any atom is -0.383 e. The minimum atomic E-state index is -0.584. The lowest BCUT2D eigenvalue weighted by atomic mass is 10.1. The van der Waals surface area contributed by atoms with Crippen LogP contribution in [0.25, 0.3) is 16.7 Å². The Hall–Kier alpha value is -3.41. The highest BCUT2D eigenvalue weighted by Crippen LogP contribution is 2.25. The van der Waals surface area contributed by atoms with Crippen molar-refractivity contribution in [2.24, 2.45) is 0 Å². The molecule has 9 nitrogen and oxygen atoms in total. The molecule has 0 aliphatic carbocycles. The fourth-order valence-electron chi connectivity index (χ4n) is 3.91. The number of rotatable bonds is 8. The molecule has 1 fully saturated rings. The Morgan fingerprint density at radius 3 is 2.71 bits per heavy atom. The molecular weight excluding hydrogens is 444 g/mol. The first-order valence-corrected chi connectivity index (χ1v) is 11.0. The average Bonchev–Trinajstić information content (AvgIpc) is 3.47. The number of benzene rings is 1. The van der Waals surface area contributed by atoms with Crippen LogP contribution < -0.4 is 5.32 Å². The smallest absolute Gasteiger partial charge is 0.229 e. The Balaban J connectivity index is 1.39. The zero-order valence-electron chi connectivity index (χ0n) is 18.7. The van der Waals surface area contributed by atoms with E-state index in [1.54, 1.807) is 41.0 Å². The number of fused-ring (bicyclic) bond motifs is 1. The number of halogens is 2. The molecule has 0 spiro atoms. The predicted octanol–water partition coefficient (Wildman–Crippen LogP) is 3.12. The number of ether oxygens (including phenoxy) is 2. The van der Waals surface area contributed by atoms with Gasteiger partial charge >= 0.3 is 0 Å². The van der Waals surface area contributed by atoms with E-state index < -0.39 is 11.6 Å². The van der Waals surface area contributed by atoms with Crippen molar-refractivity contribution in [1.82, 2.24) is 29.2 Å². The number of aromatic nitrogens is 5. The van der Waals surface area contributed by atoms with Crippen molar-refractivity contribution in [3.63, 3.8) is 0 Å². The average molecular weight is 469 g/mol. The van der Waals surface area contributed by atoms with Crippen LogP contribution >= 0.6 is 0 Å². The molecular formula is C23H25F2N7O2. The molecule has 4 heterocycles. The van der Waals surface area contributed by atoms with Crippen molar-refractivity contribution < 1.29 is 18.3 Å². The number of morpholine rings is 1. The molecule has 0 saturated carbocycles. The molecule has 0 radical (unpaired) electrons. The summed E-state index contributed by atoms with van der Waals surface area (Å²) in [5.74, 6) is -0.818. The summed E-state index contributed by atoms with van der Waals surface area (Å²) in [4.78, 5) is 10.9. The van der Waals surface area contributed by atoms with Gasteiger partial charge in [-0.3, -0.25) is 9.58 Å². The Labute approximate surface area is 194 Å². The molecule has 0 bridgehead atoms. The van der Waals surface area contributed by atoms with Gasteiger partial charge in [-0.05, 0) is 18.2 Å². The molecule has 1 aliphatic heterocycles. The summed E-state index contributed by atoms with van der Waals surface area (Å²) in [5.41, 5.74) is 1.67. The van der Waals surface area contributed by atoms with E-state index in [1.807, 2.05) is 11.1 Å². The largest absolute Gasteiger partial charge is 0.383 e. The van der Waals surface area contributed by atoms with Crippen LogP contribution in [0.4, 0.5) is 20.4 Å². The molecule has 5 rings (SSSR count). The van der Waals surface area contributed by atoms with Gasteiger partial charge in [-0.2, -0.15) is 10.1 Å². The Morgan fingerprint density at radius 1 is 1.15 bits per heavy atom. The molecule has 1 aliphatic rings. The van der Waals surface area contributed by atoms with Crippen molar-refractivity contribution in [3.8, 4) is 5.69 Å². The molecule has 1 N–H and O–H groups in total. The van der Waals surface area contributed by atoms with Gasteiger partial charge in [0.05, 0.1) is 43.9 Å². The van der Waals surface area contributed by atoms with Crippen LogP contribution in [-0.2, 0) is 22.6 Å². The van der Waals surface area contributed by atoms with E-state index in [2.05, 4.69) is 20.4 Å². The van der Waals surface area contributed by atoms with E-state index in [-0.39, 0.29) is 12.1 Å². The van der Waals surface area contributed by atoms with Crippen LogP contribution in [0, 0.1) is 11.6 Å². The van der Waals surface area contributed by atoms with Gasteiger partial charge in [0.15, 0.2) is 0 Å². The van der Waals surface area contributed by atoms with E-state index in [0.717, 1.165) is 11.1 Å². The summed E-state index contributed by atoms with van der Waals surface area (Å²) >= 11 is 0. The zero-order chi connectivity index (χ0) is 23.5. The summed E-state index contributed by atoms with van der Waals surface area (Å²) < 4.78 is 43.6. The van der Waals surface area contributed by atoms with Gasteiger partial charge in [-0.25, -0.2) is 13.8 Å². The minimum absolute atomic E-state index is 0.0598. The van der Waals surface area contributed by atoms with Crippen LogP contribution in [0.2, 0.25) is 0 Å². The number of nitrogens with one attached hydrogen (secondary N) is 1. The SMILES string of the molecule is COCCn1cc(Nc2ncc3ccn(-c4cc(F)c(CN5CCOCC5)c(F)c4)c3n2)cn1. The number of methoxy groups -OCH3 is 1. The zero-order valence-corrected chi connectivity index (χ0v) is 18.7. The van der Waals surface area contributed by atoms with E-state index in [1.165, 1.54) is 12.1 Å². The second-order valence-corrected chi connectivity index (χ2v) is 8.04. The number of hydrogen-bond donors (Lipinski definition) is 1. The first kappa shape index (κ1) is 22.4. The van der Waals surface area contributed by atoms with E-state index in [0.29, 0.717) is 56.7 Å². The number of hydrogen-bond acceptors (Lipinski definition) is 7. The highest BCUT2D eigenvalue weighted by molar-refractivity contribution is 5.78. The van der Waals surface area contributed by atoms with Crippen molar-refractivity contribution in [2.75, 3.05) is 45.3 Å². The summed E-state index contributed by atoms with van der Waals surface area (Å²) in [7, 11) is 1.64. The van der Waals surface area contributed by atoms with Crippen molar-refractivity contribution in [3.05, 3.63) is 60.2 Å². The summed E-state index contributed by atoms with van der Waals surface area (Å²) in [6, 6.07) is 4.49. The van der Waals surface area contributed by atoms with Gasteiger partial charge in [0.25, 0.3) is 0 Å². The fraction of sp³-hybridized carbons (Fsp3) is 0.348. The Bertz CT molecular complexity index is 1260. The lowest BCUT2D eigenvalue weighted by Gasteiger charge is -2.27. The summed E-state index contributed by atoms with van der Waals surface area (Å²) in [6.45, 7) is 3.83. The maximum Gasteiger partial charge on any atom is 0.229 e. The maximum atomic E-state index is 14.9. The van der Waals surface area contributed by atoms with E-state index in [9.17, 15) is 8.78 Å². The Kier molecular flexibility index (Phi) is 6.48. The van der Waals surface area contributed by atoms with Crippen LogP contribution in [-0.4, -0.2) is 69.2 Å². The first-order chi connectivity index (χ1) is 16.6. The molecule has 178 valence electrons. The lowest BCUT2D eigenvalue weighted by Crippen LogP contribution is -2.36. The van der Waals surface area contributed by atoms with Crippen LogP contribution in [0.15, 0.2) is 43.0 Å². The molecule has 1 saturated heterocycles. The molecule has 11 heteroatoms. The van der Waals surface area contributed by atoms with Gasteiger partial charge in [-0.15, -0.1) is 0 Å². The second-order valence-electron chi connectivity index (χ2n) is 8.04. The standard InChI is InChI=1S/C23H25F2N7O2/c1-33-7-6-31-14-17(13-27-31)28-23-26-12-16-2-3-32(22(16)29-23)18-10-20(24)19(21(25)11-18)15-30-4-8-34-9-5-30/h2-3,10-14H,4-9,15H2,1H3,(H,26,28,29). The van der Waals surface area contributed by atoms with E-state index in [4.69, 9.17) is 9.47 Å². The highest BCUT2D eigenvalue weighted by Gasteiger charge is 2.18. The third-order valence-corrected chi connectivity index (χ3v) is 5.73. The predicted molar refractivity (Wildman–Crippen MR) is 122 cm³/mol. The van der Waals surface area contributed by atoms with Crippen LogP contribution in [0.3, 0.4) is 0 Å². The lowest BCUT2D eigenvalue weighted by molar-refractivity contribution is 0.0332. The molecule has 0 atom stereocenters. The normalized spacial score (nSPS) is 14.7. The van der Waals surface area contributed by atoms with E-state index >= 15 is 0 Å². The fourth-order valence-corrected chi connectivity index (χ4v) is 3.91. The molecule has 34 heavy (non-hydrogen) atoms. The topological polar surface area (TPSA) is 82.3 Å². The molecule has 4 aromatic rings. The summed E-state index contributed by atoms with van der Waals surface area (Å²) in [5, 5.41) is 8.12. The molecule has 3 aromatic heterocycles. The molecule has 0 amide bonds. The van der Waals surface area contributed by atoms with Gasteiger partial charge < -0.3 is 19.4 Å². The molecule has 0 unspecified atom stereocenters. The monoisotopic (exact) mass is 469 g/mol. The Morgan fingerprint density at radius 2 is 1.94 bits per heavy atom. The summed E-state index contributed by atoms with van der Waals surface area (Å²) in [6.07, 6.45) is 6.88. The van der Waals surface area contributed by atoms with Crippen LogP contribution in [0.5, 0.6) is 0 Å². The number of nitrogens with zero attached hydrogens (tertiary/aromatic N) is 6. The maximum absolute atomic E-state index is 14.9. The highest BCUT2D eigenvalue weighted by atomic mass is 19.1. The van der Waals surface area contributed by atoms with Crippen molar-refractivity contribution in [1.29, 1.82) is 0 Å².